The van der Waals surface area contributed by atoms with Crippen LogP contribution >= 0.6 is 0 Å². The molecule has 2 aromatic carbocycles. The van der Waals surface area contributed by atoms with Gasteiger partial charge in [-0.2, -0.15) is 0 Å². The van der Waals surface area contributed by atoms with Crippen LogP contribution in [0.2, 0.25) is 0 Å². The third-order valence-corrected chi connectivity index (χ3v) is 14.3. The van der Waals surface area contributed by atoms with E-state index in [0.29, 0.717) is 77.9 Å². The summed E-state index contributed by atoms with van der Waals surface area (Å²) >= 11 is 0. The molecule has 0 unspecified atom stereocenters. The summed E-state index contributed by atoms with van der Waals surface area (Å²) in [6.07, 6.45) is 8.72. The molecule has 2 atom stereocenters. The van der Waals surface area contributed by atoms with E-state index >= 15 is 4.39 Å². The number of carbonyl (C=O) groups is 2. The Kier molecular flexibility index (Phi) is 14.4. The Balaban J connectivity index is 0.737. The van der Waals surface area contributed by atoms with E-state index in [9.17, 15) is 19.5 Å². The van der Waals surface area contributed by atoms with Gasteiger partial charge in [-0.15, -0.1) is 0 Å². The Labute approximate surface area is 397 Å². The van der Waals surface area contributed by atoms with Crippen molar-refractivity contribution in [3.63, 3.8) is 0 Å². The standard InChI is InChI=1S/C52H65FN10O5/c1-33(2)24-39-30-63(31-47(39)64)52(67)58-45-26-40(53)25-43(35(45)4)48-44-27-46(57-49(44)55-32-54-48)37-9-7-36(8-10-37)28-60-19-14-42(15-20-60)68-41-12-17-59(18-13-41)22-23-61-16-5-6-38(50(61)65)29-62-21-11-34(3)56-51(62)66/h5-10,16,25-27,32-33,39,41-42,47,64H,3,11-15,17-24,28-31H2,1-2,4H3,(H,56,66)(H,58,67)(H,54,55,57)/t39-,47-/m0/s1. The van der Waals surface area contributed by atoms with Crippen molar-refractivity contribution in [3.8, 4) is 22.5 Å². The minimum Gasteiger partial charge on any atom is -0.391 e. The number of amides is 4. The van der Waals surface area contributed by atoms with Gasteiger partial charge in [0.2, 0.25) is 0 Å². The second-order valence-corrected chi connectivity index (χ2v) is 19.7. The van der Waals surface area contributed by atoms with Crippen LogP contribution in [0.4, 0.5) is 19.7 Å². The fourth-order valence-corrected chi connectivity index (χ4v) is 10.4. The first kappa shape index (κ1) is 47.1. The summed E-state index contributed by atoms with van der Waals surface area (Å²) < 4.78 is 23.7. The van der Waals surface area contributed by atoms with Gasteiger partial charge in [0.15, 0.2) is 0 Å². The number of anilines is 1. The predicted octanol–water partition coefficient (Wildman–Crippen LogP) is 7.35. The lowest BCUT2D eigenvalue weighted by Gasteiger charge is -2.37. The highest BCUT2D eigenvalue weighted by Gasteiger charge is 2.35. The maximum atomic E-state index is 15.2. The smallest absolute Gasteiger partial charge is 0.321 e. The molecule has 7 heterocycles. The van der Waals surface area contributed by atoms with Gasteiger partial charge in [0.1, 0.15) is 17.8 Å². The van der Waals surface area contributed by atoms with Crippen molar-refractivity contribution in [2.24, 2.45) is 11.8 Å². The molecule has 0 aliphatic carbocycles. The molecule has 0 saturated carbocycles. The van der Waals surface area contributed by atoms with Gasteiger partial charge in [-0.1, -0.05) is 50.8 Å². The third-order valence-electron chi connectivity index (χ3n) is 14.3. The van der Waals surface area contributed by atoms with Crippen molar-refractivity contribution in [3.05, 3.63) is 112 Å². The molecular weight excluding hydrogens is 864 g/mol. The van der Waals surface area contributed by atoms with E-state index in [-0.39, 0.29) is 42.3 Å². The molecule has 0 bridgehead atoms. The number of aliphatic hydroxyl groups is 1. The molecule has 68 heavy (non-hydrogen) atoms. The van der Waals surface area contributed by atoms with Crippen LogP contribution in [0, 0.1) is 24.6 Å². The highest BCUT2D eigenvalue weighted by Crippen LogP contribution is 2.35. The molecule has 4 N–H and O–H groups in total. The van der Waals surface area contributed by atoms with E-state index in [1.165, 1.54) is 24.0 Å². The SMILES string of the molecule is C=C1CCN(Cc2cccn(CCN3CCC(OC4CCN(Cc5ccc(-c6cc7c(-c8cc(F)cc(NC(=O)N9C[C@H](CC(C)C)[C@@H](O)C9)c8C)ncnc7[nH]6)cc5)CC4)CC3)c2=O)C(=O)N1. The van der Waals surface area contributed by atoms with Crippen molar-refractivity contribution in [1.82, 2.24) is 44.4 Å². The largest absolute Gasteiger partial charge is 0.391 e. The molecule has 4 fully saturated rings. The van der Waals surface area contributed by atoms with Crippen LogP contribution in [-0.4, -0.2) is 127 Å². The summed E-state index contributed by atoms with van der Waals surface area (Å²) in [7, 11) is 0. The number of aromatic nitrogens is 4. The molecule has 9 rings (SSSR count). The van der Waals surface area contributed by atoms with E-state index < -0.39 is 11.9 Å². The highest BCUT2D eigenvalue weighted by atomic mass is 19.1. The number of aromatic amines is 1. The minimum absolute atomic E-state index is 0.0152. The molecule has 3 aromatic heterocycles. The minimum atomic E-state index is -0.580. The number of piperidine rings is 2. The molecular formula is C52H65FN10O5. The number of aliphatic hydroxyl groups excluding tert-OH is 1. The second-order valence-electron chi connectivity index (χ2n) is 19.7. The molecule has 4 aliphatic heterocycles. The number of nitrogens with one attached hydrogen (secondary N) is 3. The molecule has 5 aromatic rings. The van der Waals surface area contributed by atoms with E-state index in [1.54, 1.807) is 14.4 Å². The number of hydrogen-bond donors (Lipinski definition) is 4. The van der Waals surface area contributed by atoms with Gasteiger partial charge in [0, 0.05) is 118 Å². The average molecular weight is 929 g/mol. The topological polar surface area (TPSA) is 164 Å². The number of urea groups is 2. The van der Waals surface area contributed by atoms with Crippen LogP contribution in [0.1, 0.15) is 69.1 Å². The summed E-state index contributed by atoms with van der Waals surface area (Å²) in [5.74, 6) is -0.0689. The number of rotatable bonds is 14. The molecule has 360 valence electrons. The molecule has 16 heteroatoms. The predicted molar refractivity (Wildman–Crippen MR) is 261 cm³/mol. The Bertz CT molecular complexity index is 2670. The molecule has 4 aliphatic rings. The molecule has 0 spiro atoms. The number of H-pyrrole nitrogens is 1. The average Bonchev–Trinajstić information content (AvgIpc) is 3.93. The number of β-amino-alcohol motifs (C(OH)–C–C–N with tert-alkyl or cyclic N) is 1. The Morgan fingerprint density at radius 2 is 1.68 bits per heavy atom. The number of halogens is 1. The van der Waals surface area contributed by atoms with E-state index in [1.807, 2.05) is 31.3 Å². The molecule has 4 amide bonds. The van der Waals surface area contributed by atoms with Crippen LogP contribution in [-0.2, 0) is 24.4 Å². The van der Waals surface area contributed by atoms with Crippen molar-refractivity contribution in [2.45, 2.75) is 97.2 Å². The number of likely N-dealkylation sites (tertiary alicyclic amines) is 3. The summed E-state index contributed by atoms with van der Waals surface area (Å²) in [5.41, 5.74) is 7.20. The van der Waals surface area contributed by atoms with Crippen LogP contribution in [0.15, 0.2) is 84.2 Å². The quantitative estimate of drug-likeness (QED) is 0.0892. The summed E-state index contributed by atoms with van der Waals surface area (Å²) in [6.45, 7) is 17.5. The number of benzene rings is 2. The van der Waals surface area contributed by atoms with E-state index in [0.717, 1.165) is 88.0 Å². The third kappa shape index (κ3) is 11.0. The van der Waals surface area contributed by atoms with Crippen molar-refractivity contribution in [1.29, 1.82) is 0 Å². The van der Waals surface area contributed by atoms with Crippen LogP contribution in [0.25, 0.3) is 33.5 Å². The number of ether oxygens (including phenoxy) is 1. The summed E-state index contributed by atoms with van der Waals surface area (Å²) in [5, 5.41) is 17.0. The van der Waals surface area contributed by atoms with Crippen LogP contribution < -0.4 is 16.2 Å². The summed E-state index contributed by atoms with van der Waals surface area (Å²) in [4.78, 5) is 59.6. The van der Waals surface area contributed by atoms with Gasteiger partial charge >= 0.3 is 12.1 Å². The van der Waals surface area contributed by atoms with Crippen LogP contribution in [0.5, 0.6) is 0 Å². The van der Waals surface area contributed by atoms with Crippen molar-refractivity contribution >= 4 is 28.8 Å². The van der Waals surface area contributed by atoms with Crippen LogP contribution in [0.3, 0.4) is 0 Å². The van der Waals surface area contributed by atoms with Gasteiger partial charge in [-0.3, -0.25) is 9.69 Å². The lowest BCUT2D eigenvalue weighted by molar-refractivity contribution is -0.0658. The van der Waals surface area contributed by atoms with Crippen molar-refractivity contribution in [2.75, 3.05) is 57.7 Å². The Hall–Kier alpha value is -5.94. The Morgan fingerprint density at radius 3 is 2.40 bits per heavy atom. The zero-order valence-electron chi connectivity index (χ0n) is 39.6. The number of fused-ring (bicyclic) bond motifs is 1. The number of hydrogen-bond acceptors (Lipinski definition) is 9. The van der Waals surface area contributed by atoms with Gasteiger partial charge in [0.05, 0.1) is 30.6 Å². The number of carbonyl (C=O) groups excluding carboxylic acids is 2. The van der Waals surface area contributed by atoms with Gasteiger partial charge in [-0.25, -0.2) is 23.9 Å². The normalized spacial score (nSPS) is 20.2. The number of pyridine rings is 1. The first-order chi connectivity index (χ1) is 32.8. The molecule has 15 nitrogen and oxygen atoms in total. The summed E-state index contributed by atoms with van der Waals surface area (Å²) in [6, 6.07) is 16.5. The first-order valence-electron chi connectivity index (χ1n) is 24.3. The fraction of sp³-hybridized carbons (Fsp3) is 0.481. The zero-order chi connectivity index (χ0) is 47.5. The first-order valence-corrected chi connectivity index (χ1v) is 24.3. The number of nitrogens with zero attached hydrogens (tertiary/aromatic N) is 7. The maximum Gasteiger partial charge on any atom is 0.321 e. The monoisotopic (exact) mass is 929 g/mol. The Morgan fingerprint density at radius 1 is 0.941 bits per heavy atom. The molecule has 0 radical (unpaired) electrons. The zero-order valence-corrected chi connectivity index (χ0v) is 39.6. The second kappa shape index (κ2) is 20.7. The van der Waals surface area contributed by atoms with E-state index in [2.05, 4.69) is 80.1 Å². The molecule has 4 saturated heterocycles. The van der Waals surface area contributed by atoms with Crippen molar-refractivity contribution < 1.29 is 23.8 Å². The lowest BCUT2D eigenvalue weighted by Crippen LogP contribution is -2.45. The van der Waals surface area contributed by atoms with E-state index in [4.69, 9.17) is 4.74 Å². The van der Waals surface area contributed by atoms with Gasteiger partial charge in [0.25, 0.3) is 5.56 Å². The maximum absolute atomic E-state index is 15.2. The van der Waals surface area contributed by atoms with Gasteiger partial charge in [-0.05, 0) is 85.9 Å². The lowest BCUT2D eigenvalue weighted by atomic mass is 9.95. The fourth-order valence-electron chi connectivity index (χ4n) is 10.4. The van der Waals surface area contributed by atoms with Gasteiger partial charge < -0.3 is 44.7 Å². The highest BCUT2D eigenvalue weighted by molar-refractivity contribution is 5.97.